The highest BCUT2D eigenvalue weighted by Crippen LogP contribution is 2.53. The van der Waals surface area contributed by atoms with Crippen LogP contribution in [-0.4, -0.2) is 15.9 Å². The fourth-order valence-corrected chi connectivity index (χ4v) is 11.9. The van der Waals surface area contributed by atoms with E-state index in [4.69, 9.17) is 0 Å². The van der Waals surface area contributed by atoms with Crippen molar-refractivity contribution in [2.45, 2.75) is 78.6 Å². The van der Waals surface area contributed by atoms with Crippen LogP contribution in [0.2, 0.25) is 0 Å². The van der Waals surface area contributed by atoms with Crippen LogP contribution in [0.25, 0.3) is 82.7 Å². The van der Waals surface area contributed by atoms with Crippen molar-refractivity contribution in [1.82, 2.24) is 9.05 Å². The smallest absolute Gasteiger partial charge is 0.333 e. The average Bonchev–Trinajstić information content (AvgIpc) is 3.88. The van der Waals surface area contributed by atoms with Crippen molar-refractivity contribution in [3.8, 4) is 39.2 Å². The SMILES string of the molecule is CC(C)(C)c1ccc(N2c3cc(C(C)(C)C)cc4c3B(c3ccc5ccccc5c32)n2c(-c3ccc5c(c3)c3ccccc3n5-c3ccccc3)c(-c3ccccc3)c3cc(C(C)(C)C)cc-4c32)cc1. The Balaban J connectivity index is 1.22. The van der Waals surface area contributed by atoms with Gasteiger partial charge in [-0.2, -0.15) is 0 Å². The van der Waals surface area contributed by atoms with Crippen molar-refractivity contribution in [2.24, 2.45) is 0 Å². The van der Waals surface area contributed by atoms with Crippen LogP contribution < -0.4 is 15.8 Å². The topological polar surface area (TPSA) is 13.1 Å². The Bertz CT molecular complexity index is 3930. The maximum Gasteiger partial charge on any atom is 0.333 e. The molecule has 4 heterocycles. The van der Waals surface area contributed by atoms with Crippen LogP contribution in [0.4, 0.5) is 17.1 Å². The molecule has 2 aliphatic heterocycles. The van der Waals surface area contributed by atoms with Gasteiger partial charge < -0.3 is 13.9 Å². The molecule has 0 bridgehead atoms. The molecule has 0 radical (unpaired) electrons. The molecule has 0 amide bonds. The second kappa shape index (κ2) is 15.0. The number of benzene rings is 9. The molecule has 0 saturated carbocycles. The molecule has 0 atom stereocenters. The van der Waals surface area contributed by atoms with Gasteiger partial charge in [0.1, 0.15) is 0 Å². The molecule has 0 spiro atoms. The van der Waals surface area contributed by atoms with Crippen LogP contribution in [0.3, 0.4) is 0 Å². The number of hydrogen-bond acceptors (Lipinski definition) is 1. The van der Waals surface area contributed by atoms with Gasteiger partial charge in [0.25, 0.3) is 0 Å². The van der Waals surface area contributed by atoms with Crippen LogP contribution in [0.1, 0.15) is 79.0 Å². The first-order chi connectivity index (χ1) is 33.6. The molecule has 4 heteroatoms. The van der Waals surface area contributed by atoms with Crippen molar-refractivity contribution < 1.29 is 0 Å². The maximum atomic E-state index is 2.78. The van der Waals surface area contributed by atoms with Gasteiger partial charge in [0, 0.05) is 60.9 Å². The Kier molecular flexibility index (Phi) is 9.10. The van der Waals surface area contributed by atoms with E-state index in [0.29, 0.717) is 0 Å². The summed E-state index contributed by atoms with van der Waals surface area (Å²) in [6.45, 7) is 21.0. The summed E-state index contributed by atoms with van der Waals surface area (Å²) in [6.07, 6.45) is 0. The molecule has 340 valence electrons. The number of hydrogen-bond donors (Lipinski definition) is 0. The third-order valence-electron chi connectivity index (χ3n) is 15.5. The Hall–Kier alpha value is -7.56. The maximum absolute atomic E-state index is 2.78. The lowest BCUT2D eigenvalue weighted by Crippen LogP contribution is -2.57. The molecule has 11 aromatic rings. The minimum Gasteiger partial charge on any atom is -0.375 e. The minimum atomic E-state index is -0.131. The third kappa shape index (κ3) is 6.28. The van der Waals surface area contributed by atoms with E-state index in [0.717, 1.165) is 5.69 Å². The first kappa shape index (κ1) is 42.5. The molecule has 3 nitrogen and oxygen atoms in total. The molecule has 13 rings (SSSR count). The number of rotatable bonds is 4. The first-order valence-corrected chi connectivity index (χ1v) is 25.1. The van der Waals surface area contributed by atoms with Crippen LogP contribution in [0.15, 0.2) is 188 Å². The zero-order chi connectivity index (χ0) is 48.0. The highest BCUT2D eigenvalue weighted by molar-refractivity contribution is 6.90. The van der Waals surface area contributed by atoms with Crippen LogP contribution >= 0.6 is 0 Å². The van der Waals surface area contributed by atoms with Gasteiger partial charge in [-0.15, -0.1) is 0 Å². The summed E-state index contributed by atoms with van der Waals surface area (Å²) in [4.78, 5) is 2.62. The van der Waals surface area contributed by atoms with Gasteiger partial charge in [0.2, 0.25) is 0 Å². The predicted octanol–water partition coefficient (Wildman–Crippen LogP) is 16.5. The molecule has 0 saturated heterocycles. The number of para-hydroxylation sites is 2. The summed E-state index contributed by atoms with van der Waals surface area (Å²) < 4.78 is 5.21. The van der Waals surface area contributed by atoms with E-state index in [-0.39, 0.29) is 23.1 Å². The van der Waals surface area contributed by atoms with E-state index in [1.165, 1.54) is 122 Å². The molecular formula is C66H58BN3. The zero-order valence-electron chi connectivity index (χ0n) is 41.8. The lowest BCUT2D eigenvalue weighted by Gasteiger charge is -2.42. The van der Waals surface area contributed by atoms with Gasteiger partial charge in [-0.25, -0.2) is 0 Å². The molecule has 2 aromatic heterocycles. The summed E-state index contributed by atoms with van der Waals surface area (Å²) in [7, 11) is 0. The van der Waals surface area contributed by atoms with E-state index < -0.39 is 0 Å². The summed E-state index contributed by atoms with van der Waals surface area (Å²) in [5.74, 6) is 0. The molecule has 2 aliphatic rings. The van der Waals surface area contributed by atoms with Gasteiger partial charge in [-0.05, 0) is 127 Å². The molecule has 70 heavy (non-hydrogen) atoms. The Morgan fingerprint density at radius 3 is 1.74 bits per heavy atom. The number of anilines is 3. The molecule has 0 N–H and O–H groups in total. The Morgan fingerprint density at radius 2 is 1.03 bits per heavy atom. The lowest BCUT2D eigenvalue weighted by atomic mass is 9.44. The quantitative estimate of drug-likeness (QED) is 0.160. The van der Waals surface area contributed by atoms with Gasteiger partial charge in [-0.3, -0.25) is 0 Å². The summed E-state index contributed by atoms with van der Waals surface area (Å²) in [5, 5.41) is 6.29. The normalized spacial score (nSPS) is 13.4. The fourth-order valence-electron chi connectivity index (χ4n) is 11.9. The Morgan fingerprint density at radius 1 is 0.414 bits per heavy atom. The first-order valence-electron chi connectivity index (χ1n) is 25.1. The van der Waals surface area contributed by atoms with Crippen molar-refractivity contribution in [2.75, 3.05) is 4.90 Å². The molecule has 0 fully saturated rings. The number of aromatic nitrogens is 2. The van der Waals surface area contributed by atoms with E-state index in [9.17, 15) is 0 Å². The third-order valence-corrected chi connectivity index (χ3v) is 15.5. The number of nitrogens with zero attached hydrogens (tertiary/aromatic N) is 3. The molecule has 9 aromatic carbocycles. The monoisotopic (exact) mass is 903 g/mol. The largest absolute Gasteiger partial charge is 0.375 e. The minimum absolute atomic E-state index is 0.0298. The number of fused-ring (bicyclic) bond motifs is 9. The summed E-state index contributed by atoms with van der Waals surface area (Å²) >= 11 is 0. The van der Waals surface area contributed by atoms with Crippen LogP contribution in [-0.2, 0) is 16.2 Å². The van der Waals surface area contributed by atoms with Gasteiger partial charge in [0.15, 0.2) is 0 Å². The standard InChI is InChI=1S/C66H58BN3/c1-64(2,3)44-30-32-48(33-31-44)69-58-40-46(66(7,8)9)37-52-53-38-45(65(4,5)6)39-54-59(42-21-12-10-13-22-42)61(70(62(53)54)67(60(52)58)55-34-28-41-20-16-17-25-49(41)63(55)69)43-29-35-57-51(36-43)50-26-18-19-27-56(50)68(57)47-23-14-11-15-24-47/h10-40H,1-9H3. The highest BCUT2D eigenvalue weighted by Gasteiger charge is 2.45. The lowest BCUT2D eigenvalue weighted by molar-refractivity contribution is 0.589. The highest BCUT2D eigenvalue weighted by atomic mass is 15.2. The average molecular weight is 904 g/mol. The molecule has 0 aliphatic carbocycles. The van der Waals surface area contributed by atoms with E-state index in [2.05, 4.69) is 264 Å². The van der Waals surface area contributed by atoms with Crippen LogP contribution in [0, 0.1) is 0 Å². The van der Waals surface area contributed by atoms with Crippen molar-refractivity contribution in [1.29, 1.82) is 0 Å². The van der Waals surface area contributed by atoms with E-state index >= 15 is 0 Å². The Labute approximate surface area is 412 Å². The van der Waals surface area contributed by atoms with Gasteiger partial charge in [-0.1, -0.05) is 190 Å². The van der Waals surface area contributed by atoms with Crippen LogP contribution in [0.5, 0.6) is 0 Å². The zero-order valence-corrected chi connectivity index (χ0v) is 41.8. The summed E-state index contributed by atoms with van der Waals surface area (Å²) in [5.41, 5.74) is 22.6. The van der Waals surface area contributed by atoms with Crippen molar-refractivity contribution in [3.63, 3.8) is 0 Å². The van der Waals surface area contributed by atoms with Gasteiger partial charge >= 0.3 is 6.85 Å². The predicted molar refractivity (Wildman–Crippen MR) is 301 cm³/mol. The van der Waals surface area contributed by atoms with E-state index in [1.54, 1.807) is 0 Å². The second-order valence-corrected chi connectivity index (χ2v) is 23.0. The summed E-state index contributed by atoms with van der Waals surface area (Å²) in [6, 6.07) is 71.7. The van der Waals surface area contributed by atoms with Crippen molar-refractivity contribution >= 4 is 78.3 Å². The van der Waals surface area contributed by atoms with Crippen molar-refractivity contribution in [3.05, 3.63) is 205 Å². The second-order valence-electron chi connectivity index (χ2n) is 23.0. The fraction of sp³-hybridized carbons (Fsp3) is 0.182. The molecular weight excluding hydrogens is 846 g/mol. The van der Waals surface area contributed by atoms with E-state index in [1.807, 2.05) is 0 Å². The molecule has 0 unspecified atom stereocenters. The van der Waals surface area contributed by atoms with Gasteiger partial charge in [0.05, 0.1) is 16.7 Å².